The zero-order chi connectivity index (χ0) is 25.0. The molecule has 0 radical (unpaired) electrons. The van der Waals surface area contributed by atoms with Gasteiger partial charge in [0.2, 0.25) is 0 Å². The van der Waals surface area contributed by atoms with Gasteiger partial charge in [0.1, 0.15) is 5.75 Å². The van der Waals surface area contributed by atoms with Crippen molar-refractivity contribution < 1.29 is 27.5 Å². The molecule has 180 valence electrons. The lowest BCUT2D eigenvalue weighted by molar-refractivity contribution is -0.138. The third kappa shape index (κ3) is 6.00. The van der Waals surface area contributed by atoms with E-state index < -0.39 is 23.6 Å². The SMILES string of the molecule is CC(=O)Oc1ccc(C#Cc2cnc(N3CCN(C(=O)c4ccccc4C(F)(F)F)CC3)s2)cc1. The number of ether oxygens (including phenoxy) is 1. The molecule has 1 amide bonds. The summed E-state index contributed by atoms with van der Waals surface area (Å²) in [6.45, 7) is 2.83. The van der Waals surface area contributed by atoms with Crippen LogP contribution in [0.15, 0.2) is 54.7 Å². The van der Waals surface area contributed by atoms with Crippen molar-refractivity contribution in [3.05, 3.63) is 76.3 Å². The van der Waals surface area contributed by atoms with Crippen molar-refractivity contribution in [1.29, 1.82) is 0 Å². The minimum absolute atomic E-state index is 0.292. The highest BCUT2D eigenvalue weighted by Gasteiger charge is 2.36. The molecule has 0 spiro atoms. The summed E-state index contributed by atoms with van der Waals surface area (Å²) in [5.41, 5.74) is -0.500. The van der Waals surface area contributed by atoms with Crippen molar-refractivity contribution in [2.75, 3.05) is 31.1 Å². The first-order valence-corrected chi connectivity index (χ1v) is 11.5. The maximum atomic E-state index is 13.3. The Kier molecular flexibility index (Phi) is 7.07. The van der Waals surface area contributed by atoms with Gasteiger partial charge in [-0.1, -0.05) is 29.4 Å². The van der Waals surface area contributed by atoms with Crippen LogP contribution in [0.3, 0.4) is 0 Å². The molecule has 0 atom stereocenters. The number of amides is 1. The number of esters is 1. The van der Waals surface area contributed by atoms with Gasteiger partial charge in [-0.05, 0) is 42.3 Å². The van der Waals surface area contributed by atoms with Gasteiger partial charge in [0, 0.05) is 38.7 Å². The Labute approximate surface area is 204 Å². The van der Waals surface area contributed by atoms with E-state index in [1.165, 1.54) is 41.4 Å². The van der Waals surface area contributed by atoms with E-state index in [4.69, 9.17) is 4.74 Å². The van der Waals surface area contributed by atoms with Crippen LogP contribution in [0.1, 0.15) is 33.3 Å². The number of thiazole rings is 1. The van der Waals surface area contributed by atoms with E-state index in [9.17, 15) is 22.8 Å². The molecule has 4 rings (SSSR count). The number of aromatic nitrogens is 1. The number of nitrogens with zero attached hydrogens (tertiary/aromatic N) is 3. The van der Waals surface area contributed by atoms with Crippen LogP contribution in [0, 0.1) is 11.8 Å². The smallest absolute Gasteiger partial charge is 0.417 e. The van der Waals surface area contributed by atoms with E-state index in [1.54, 1.807) is 30.5 Å². The van der Waals surface area contributed by atoms with Crippen molar-refractivity contribution in [2.45, 2.75) is 13.1 Å². The predicted octanol–water partition coefficient (Wildman–Crippen LogP) is 4.45. The van der Waals surface area contributed by atoms with Gasteiger partial charge in [-0.2, -0.15) is 13.2 Å². The van der Waals surface area contributed by atoms with Crippen LogP contribution < -0.4 is 9.64 Å². The van der Waals surface area contributed by atoms with Gasteiger partial charge in [0.05, 0.1) is 22.2 Å². The van der Waals surface area contributed by atoms with Gasteiger partial charge in [0.25, 0.3) is 5.91 Å². The Hall–Kier alpha value is -3.84. The summed E-state index contributed by atoms with van der Waals surface area (Å²) in [6, 6.07) is 11.7. The summed E-state index contributed by atoms with van der Waals surface area (Å²) in [5, 5.41) is 0.738. The van der Waals surface area contributed by atoms with Gasteiger partial charge in [-0.3, -0.25) is 9.59 Å². The molecule has 10 heteroatoms. The monoisotopic (exact) mass is 499 g/mol. The third-order valence-corrected chi connectivity index (χ3v) is 6.21. The average molecular weight is 500 g/mol. The van der Waals surface area contributed by atoms with E-state index in [1.807, 2.05) is 4.90 Å². The molecule has 0 saturated carbocycles. The summed E-state index contributed by atoms with van der Waals surface area (Å²) in [6.07, 6.45) is -2.92. The van der Waals surface area contributed by atoms with E-state index in [-0.39, 0.29) is 5.56 Å². The second kappa shape index (κ2) is 10.2. The van der Waals surface area contributed by atoms with E-state index in [0.717, 1.165) is 21.6 Å². The van der Waals surface area contributed by atoms with Crippen LogP contribution in [0.5, 0.6) is 5.75 Å². The average Bonchev–Trinajstić information content (AvgIpc) is 3.31. The van der Waals surface area contributed by atoms with Crippen molar-refractivity contribution in [3.63, 3.8) is 0 Å². The number of hydrogen-bond acceptors (Lipinski definition) is 6. The maximum absolute atomic E-state index is 13.3. The number of piperazine rings is 1. The van der Waals surface area contributed by atoms with E-state index in [0.29, 0.717) is 31.9 Å². The predicted molar refractivity (Wildman–Crippen MR) is 125 cm³/mol. The van der Waals surface area contributed by atoms with Crippen LogP contribution in [0.4, 0.5) is 18.3 Å². The molecule has 0 bridgehead atoms. The molecule has 0 N–H and O–H groups in total. The molecule has 1 aromatic heterocycles. The number of carbonyl (C=O) groups excluding carboxylic acids is 2. The maximum Gasteiger partial charge on any atom is 0.417 e. The van der Waals surface area contributed by atoms with Gasteiger partial charge in [0.15, 0.2) is 5.13 Å². The van der Waals surface area contributed by atoms with Crippen molar-refractivity contribution in [2.24, 2.45) is 0 Å². The van der Waals surface area contributed by atoms with Crippen LogP contribution in [-0.4, -0.2) is 47.9 Å². The lowest BCUT2D eigenvalue weighted by Crippen LogP contribution is -2.49. The zero-order valence-electron chi connectivity index (χ0n) is 18.6. The Morgan fingerprint density at radius 2 is 1.69 bits per heavy atom. The van der Waals surface area contributed by atoms with Crippen LogP contribution in [0.25, 0.3) is 0 Å². The van der Waals surface area contributed by atoms with E-state index in [2.05, 4.69) is 16.8 Å². The topological polar surface area (TPSA) is 62.7 Å². The second-order valence-corrected chi connectivity index (χ2v) is 8.71. The Morgan fingerprint density at radius 1 is 1.00 bits per heavy atom. The quantitative estimate of drug-likeness (QED) is 0.303. The van der Waals surface area contributed by atoms with Gasteiger partial charge >= 0.3 is 12.1 Å². The van der Waals surface area contributed by atoms with Crippen molar-refractivity contribution >= 4 is 28.3 Å². The fraction of sp³-hybridized carbons (Fsp3) is 0.240. The molecule has 6 nitrogen and oxygen atoms in total. The lowest BCUT2D eigenvalue weighted by atomic mass is 10.1. The standard InChI is InChI=1S/C25H20F3N3O3S/c1-17(32)34-19-9-6-18(7-10-19)8-11-20-16-29-24(35-20)31-14-12-30(13-15-31)23(33)21-4-2-3-5-22(21)25(26,27)28/h2-7,9-10,16H,12-15H2,1H3. The molecule has 0 unspecified atom stereocenters. The molecule has 1 fully saturated rings. The van der Waals surface area contributed by atoms with Crippen molar-refractivity contribution in [1.82, 2.24) is 9.88 Å². The second-order valence-electron chi connectivity index (χ2n) is 7.70. The highest BCUT2D eigenvalue weighted by atomic mass is 32.1. The third-order valence-electron chi connectivity index (χ3n) is 5.24. The number of benzene rings is 2. The molecule has 0 aliphatic carbocycles. The molecule has 35 heavy (non-hydrogen) atoms. The van der Waals surface area contributed by atoms with Gasteiger partial charge in [-0.15, -0.1) is 0 Å². The Morgan fingerprint density at radius 3 is 2.34 bits per heavy atom. The number of rotatable bonds is 3. The molecule has 3 aromatic rings. The number of anilines is 1. The first-order valence-electron chi connectivity index (χ1n) is 10.7. The zero-order valence-corrected chi connectivity index (χ0v) is 19.4. The van der Waals surface area contributed by atoms with Crippen LogP contribution >= 0.6 is 11.3 Å². The fourth-order valence-corrected chi connectivity index (χ4v) is 4.38. The summed E-state index contributed by atoms with van der Waals surface area (Å²) in [7, 11) is 0. The normalized spacial score (nSPS) is 13.7. The molecule has 2 heterocycles. The molecular formula is C25H20F3N3O3S. The highest BCUT2D eigenvalue weighted by molar-refractivity contribution is 7.16. The number of alkyl halides is 3. The molecule has 1 aliphatic heterocycles. The first-order chi connectivity index (χ1) is 16.7. The summed E-state index contributed by atoms with van der Waals surface area (Å²) < 4.78 is 44.8. The molecule has 1 aliphatic rings. The summed E-state index contributed by atoms with van der Waals surface area (Å²) in [5.74, 6) is 5.52. The largest absolute Gasteiger partial charge is 0.427 e. The van der Waals surface area contributed by atoms with Gasteiger partial charge < -0.3 is 14.5 Å². The Bertz CT molecular complexity index is 1280. The van der Waals surface area contributed by atoms with E-state index >= 15 is 0 Å². The number of carbonyl (C=O) groups is 2. The minimum Gasteiger partial charge on any atom is -0.427 e. The first kappa shape index (κ1) is 24.3. The van der Waals surface area contributed by atoms with Crippen LogP contribution in [-0.2, 0) is 11.0 Å². The number of halogens is 3. The molecule has 1 saturated heterocycles. The molecule has 2 aromatic carbocycles. The summed E-state index contributed by atoms with van der Waals surface area (Å²) in [4.78, 5) is 32.3. The number of hydrogen-bond donors (Lipinski definition) is 0. The van der Waals surface area contributed by atoms with Crippen molar-refractivity contribution in [3.8, 4) is 17.6 Å². The summed E-state index contributed by atoms with van der Waals surface area (Å²) >= 11 is 1.40. The van der Waals surface area contributed by atoms with Crippen LogP contribution in [0.2, 0.25) is 0 Å². The highest BCUT2D eigenvalue weighted by Crippen LogP contribution is 2.32. The molecular weight excluding hydrogens is 479 g/mol. The Balaban J connectivity index is 1.37. The fourth-order valence-electron chi connectivity index (χ4n) is 3.56. The lowest BCUT2D eigenvalue weighted by Gasteiger charge is -2.35. The minimum atomic E-state index is -4.59. The van der Waals surface area contributed by atoms with Gasteiger partial charge in [-0.25, -0.2) is 4.98 Å².